The Morgan fingerprint density at radius 1 is 1.50 bits per heavy atom. The van der Waals surface area contributed by atoms with Gasteiger partial charge in [-0.05, 0) is 32.5 Å². The van der Waals surface area contributed by atoms with Crippen molar-refractivity contribution in [3.63, 3.8) is 0 Å². The molecule has 0 radical (unpaired) electrons. The molecule has 0 spiro atoms. The molecule has 1 aromatic carbocycles. The number of halogens is 1. The van der Waals surface area contributed by atoms with E-state index in [0.717, 1.165) is 15.6 Å². The molecule has 0 saturated carbocycles. The number of hydrogen-bond acceptors (Lipinski definition) is 3. The largest absolute Gasteiger partial charge is 0.496 e. The fourth-order valence-electron chi connectivity index (χ4n) is 1.70. The highest BCUT2D eigenvalue weighted by atomic mass is 79.9. The molecule has 0 aromatic heterocycles. The monoisotopic (exact) mass is 285 g/mol. The highest BCUT2D eigenvalue weighted by molar-refractivity contribution is 9.10. The van der Waals surface area contributed by atoms with Crippen LogP contribution >= 0.6 is 15.9 Å². The van der Waals surface area contributed by atoms with E-state index in [1.165, 1.54) is 0 Å². The summed E-state index contributed by atoms with van der Waals surface area (Å²) in [6, 6.07) is 1.95. The second-order valence-electron chi connectivity index (χ2n) is 3.66. The molecule has 0 atom stereocenters. The molecule has 0 aliphatic heterocycles. The normalized spacial score (nSPS) is 10.3. The third kappa shape index (κ3) is 2.44. The maximum Gasteiger partial charge on any atom is 0.180 e. The van der Waals surface area contributed by atoms with Crippen LogP contribution in [0.2, 0.25) is 0 Å². The van der Waals surface area contributed by atoms with E-state index in [-0.39, 0.29) is 5.78 Å². The van der Waals surface area contributed by atoms with Crippen LogP contribution in [0.25, 0.3) is 0 Å². The molecule has 0 bridgehead atoms. The molecule has 1 rings (SSSR count). The Hall–Kier alpha value is -0.870. The lowest BCUT2D eigenvalue weighted by molar-refractivity contribution is 0.0990. The maximum absolute atomic E-state index is 12.0. The van der Waals surface area contributed by atoms with Crippen molar-refractivity contribution >= 4 is 21.7 Å². The summed E-state index contributed by atoms with van der Waals surface area (Å²) in [6.45, 7) is 4.16. The molecule has 0 amide bonds. The average Bonchev–Trinajstić information content (AvgIpc) is 2.23. The van der Waals surface area contributed by atoms with Gasteiger partial charge in [0, 0.05) is 10.0 Å². The van der Waals surface area contributed by atoms with Gasteiger partial charge in [0.2, 0.25) is 0 Å². The van der Waals surface area contributed by atoms with Crippen molar-refractivity contribution in [2.24, 2.45) is 0 Å². The van der Waals surface area contributed by atoms with E-state index in [0.29, 0.717) is 17.9 Å². The minimum Gasteiger partial charge on any atom is -0.496 e. The summed E-state index contributed by atoms with van der Waals surface area (Å²) < 4.78 is 6.29. The van der Waals surface area contributed by atoms with Gasteiger partial charge in [0.05, 0.1) is 19.2 Å². The first-order valence-electron chi connectivity index (χ1n) is 5.04. The van der Waals surface area contributed by atoms with Gasteiger partial charge in [-0.25, -0.2) is 0 Å². The van der Waals surface area contributed by atoms with Crippen LogP contribution in [-0.4, -0.2) is 26.5 Å². The SMILES string of the molecule is CNCC(=O)c1c(C)cc(Br)c(C)c1OC. The van der Waals surface area contributed by atoms with Crippen molar-refractivity contribution in [1.82, 2.24) is 5.32 Å². The topological polar surface area (TPSA) is 38.3 Å². The second kappa shape index (κ2) is 5.46. The van der Waals surface area contributed by atoms with Crippen molar-refractivity contribution in [3.8, 4) is 5.75 Å². The number of ether oxygens (including phenoxy) is 1. The van der Waals surface area contributed by atoms with Crippen molar-refractivity contribution in [3.05, 3.63) is 27.2 Å². The highest BCUT2D eigenvalue weighted by Crippen LogP contribution is 2.32. The van der Waals surface area contributed by atoms with E-state index in [1.807, 2.05) is 19.9 Å². The molecule has 0 heterocycles. The smallest absolute Gasteiger partial charge is 0.180 e. The molecule has 1 aromatic rings. The lowest BCUT2D eigenvalue weighted by Crippen LogP contribution is -2.20. The number of benzene rings is 1. The summed E-state index contributed by atoms with van der Waals surface area (Å²) in [7, 11) is 3.34. The zero-order chi connectivity index (χ0) is 12.3. The number of methoxy groups -OCH3 is 1. The van der Waals surface area contributed by atoms with E-state index in [1.54, 1.807) is 14.2 Å². The minimum absolute atomic E-state index is 0.0486. The van der Waals surface area contributed by atoms with Gasteiger partial charge in [-0.1, -0.05) is 15.9 Å². The van der Waals surface area contributed by atoms with Gasteiger partial charge in [-0.2, -0.15) is 0 Å². The molecule has 0 fully saturated rings. The number of nitrogens with one attached hydrogen (secondary N) is 1. The minimum atomic E-state index is 0.0486. The van der Waals surface area contributed by atoms with Gasteiger partial charge >= 0.3 is 0 Å². The number of ketones is 1. The summed E-state index contributed by atoms with van der Waals surface area (Å²) in [5.41, 5.74) is 2.54. The molecule has 0 saturated heterocycles. The van der Waals surface area contributed by atoms with E-state index < -0.39 is 0 Å². The van der Waals surface area contributed by atoms with Crippen LogP contribution < -0.4 is 10.1 Å². The first-order chi connectivity index (χ1) is 7.52. The first kappa shape index (κ1) is 13.2. The molecule has 4 heteroatoms. The Morgan fingerprint density at radius 3 is 2.62 bits per heavy atom. The fourth-order valence-corrected chi connectivity index (χ4v) is 2.22. The fraction of sp³-hybridized carbons (Fsp3) is 0.417. The number of carbonyl (C=O) groups is 1. The van der Waals surface area contributed by atoms with Crippen LogP contribution in [0, 0.1) is 13.8 Å². The molecule has 0 unspecified atom stereocenters. The first-order valence-corrected chi connectivity index (χ1v) is 5.83. The number of Topliss-reactive ketones (excluding diaryl/α,β-unsaturated/α-hetero) is 1. The van der Waals surface area contributed by atoms with E-state index in [9.17, 15) is 4.79 Å². The Balaban J connectivity index is 3.36. The van der Waals surface area contributed by atoms with Crippen molar-refractivity contribution in [2.45, 2.75) is 13.8 Å². The lowest BCUT2D eigenvalue weighted by atomic mass is 10.00. The van der Waals surface area contributed by atoms with Gasteiger partial charge in [0.15, 0.2) is 5.78 Å². The van der Waals surface area contributed by atoms with Gasteiger partial charge in [-0.3, -0.25) is 4.79 Å². The van der Waals surface area contributed by atoms with E-state index >= 15 is 0 Å². The van der Waals surface area contributed by atoms with Gasteiger partial charge in [0.25, 0.3) is 0 Å². The van der Waals surface area contributed by atoms with Crippen molar-refractivity contribution in [1.29, 1.82) is 0 Å². The van der Waals surface area contributed by atoms with Crippen LogP contribution in [0.15, 0.2) is 10.5 Å². The van der Waals surface area contributed by atoms with Crippen LogP contribution in [0.5, 0.6) is 5.75 Å². The molecular formula is C12H16BrNO2. The van der Waals surface area contributed by atoms with Crippen molar-refractivity contribution < 1.29 is 9.53 Å². The zero-order valence-corrected chi connectivity index (χ0v) is 11.6. The van der Waals surface area contributed by atoms with Crippen LogP contribution in [-0.2, 0) is 0 Å². The van der Waals surface area contributed by atoms with Crippen LogP contribution in [0.4, 0.5) is 0 Å². The van der Waals surface area contributed by atoms with Crippen molar-refractivity contribution in [2.75, 3.05) is 20.7 Å². The average molecular weight is 286 g/mol. The van der Waals surface area contributed by atoms with Gasteiger partial charge in [0.1, 0.15) is 5.75 Å². The van der Waals surface area contributed by atoms with E-state index in [4.69, 9.17) is 4.74 Å². The standard InChI is InChI=1S/C12H16BrNO2/c1-7-5-9(13)8(2)12(16-4)11(7)10(15)6-14-3/h5,14H,6H2,1-4H3. The third-order valence-corrected chi connectivity index (χ3v) is 3.31. The summed E-state index contributed by atoms with van der Waals surface area (Å²) in [6.07, 6.45) is 0. The summed E-state index contributed by atoms with van der Waals surface area (Å²) in [4.78, 5) is 12.0. The molecule has 88 valence electrons. The van der Waals surface area contributed by atoms with Crippen LogP contribution in [0.1, 0.15) is 21.5 Å². The zero-order valence-electron chi connectivity index (χ0n) is 9.98. The number of hydrogen-bond donors (Lipinski definition) is 1. The Morgan fingerprint density at radius 2 is 2.12 bits per heavy atom. The Bertz CT molecular complexity index is 416. The number of likely N-dealkylation sites (N-methyl/N-ethyl adjacent to an activating group) is 1. The number of rotatable bonds is 4. The summed E-state index contributed by atoms with van der Waals surface area (Å²) >= 11 is 3.45. The molecular weight excluding hydrogens is 270 g/mol. The number of carbonyl (C=O) groups excluding carboxylic acids is 1. The molecule has 3 nitrogen and oxygen atoms in total. The van der Waals surface area contributed by atoms with E-state index in [2.05, 4.69) is 21.2 Å². The second-order valence-corrected chi connectivity index (χ2v) is 4.52. The third-order valence-electron chi connectivity index (χ3n) is 2.48. The summed E-state index contributed by atoms with van der Waals surface area (Å²) in [5, 5.41) is 2.86. The molecule has 1 N–H and O–H groups in total. The Kier molecular flexibility index (Phi) is 4.50. The maximum atomic E-state index is 12.0. The quantitative estimate of drug-likeness (QED) is 0.864. The molecule has 16 heavy (non-hydrogen) atoms. The number of aryl methyl sites for hydroxylation is 1. The molecule has 0 aliphatic carbocycles. The summed E-state index contributed by atoms with van der Waals surface area (Å²) in [5.74, 6) is 0.708. The lowest BCUT2D eigenvalue weighted by Gasteiger charge is -2.14. The highest BCUT2D eigenvalue weighted by Gasteiger charge is 2.18. The predicted octanol–water partition coefficient (Wildman–Crippen LogP) is 2.48. The van der Waals surface area contributed by atoms with Crippen LogP contribution in [0.3, 0.4) is 0 Å². The Labute approximate surface area is 104 Å². The molecule has 0 aliphatic rings. The predicted molar refractivity (Wildman–Crippen MR) is 68.4 cm³/mol. The van der Waals surface area contributed by atoms with Gasteiger partial charge in [-0.15, -0.1) is 0 Å². The van der Waals surface area contributed by atoms with Gasteiger partial charge < -0.3 is 10.1 Å².